The van der Waals surface area contributed by atoms with E-state index in [0.29, 0.717) is 27.7 Å². The minimum atomic E-state index is -3.81. The lowest BCUT2D eigenvalue weighted by Crippen LogP contribution is -2.53. The Kier molecular flexibility index (Phi) is 9.66. The number of carbonyl (C=O) groups is 2. The van der Waals surface area contributed by atoms with Gasteiger partial charge in [-0.3, -0.25) is 13.9 Å². The van der Waals surface area contributed by atoms with E-state index in [9.17, 15) is 18.0 Å². The number of halogens is 2. The number of nitrogens with one attached hydrogen (secondary N) is 1. The van der Waals surface area contributed by atoms with E-state index in [4.69, 9.17) is 23.2 Å². The van der Waals surface area contributed by atoms with E-state index in [1.54, 1.807) is 49.4 Å². The van der Waals surface area contributed by atoms with Crippen LogP contribution in [-0.2, 0) is 26.2 Å². The van der Waals surface area contributed by atoms with Gasteiger partial charge in [0.25, 0.3) is 0 Å². The van der Waals surface area contributed by atoms with Crippen LogP contribution in [0.15, 0.2) is 42.5 Å². The van der Waals surface area contributed by atoms with E-state index in [1.807, 2.05) is 6.92 Å². The van der Waals surface area contributed by atoms with Crippen molar-refractivity contribution in [3.05, 3.63) is 63.6 Å². The van der Waals surface area contributed by atoms with Crippen molar-refractivity contribution in [2.45, 2.75) is 64.6 Å². The molecule has 0 radical (unpaired) electrons. The first-order valence-corrected chi connectivity index (χ1v) is 14.7. The molecule has 36 heavy (non-hydrogen) atoms. The zero-order valence-electron chi connectivity index (χ0n) is 20.8. The summed E-state index contributed by atoms with van der Waals surface area (Å²) in [5.41, 5.74) is 1.77. The van der Waals surface area contributed by atoms with Crippen molar-refractivity contribution in [3.8, 4) is 0 Å². The summed E-state index contributed by atoms with van der Waals surface area (Å²) in [6, 6.07) is 11.2. The summed E-state index contributed by atoms with van der Waals surface area (Å²) in [6.07, 6.45) is 5.42. The van der Waals surface area contributed by atoms with Gasteiger partial charge < -0.3 is 10.2 Å². The summed E-state index contributed by atoms with van der Waals surface area (Å²) in [6.45, 7) is 3.28. The van der Waals surface area contributed by atoms with Gasteiger partial charge in [0.2, 0.25) is 21.8 Å². The van der Waals surface area contributed by atoms with Gasteiger partial charge in [0.05, 0.1) is 11.9 Å². The number of hydrogen-bond donors (Lipinski definition) is 1. The first-order valence-electron chi connectivity index (χ1n) is 12.1. The zero-order chi connectivity index (χ0) is 26.5. The maximum absolute atomic E-state index is 13.8. The van der Waals surface area contributed by atoms with Gasteiger partial charge in [-0.15, -0.1) is 0 Å². The van der Waals surface area contributed by atoms with Crippen molar-refractivity contribution >= 4 is 50.7 Å². The highest BCUT2D eigenvalue weighted by Gasteiger charge is 2.33. The maximum Gasteiger partial charge on any atom is 0.244 e. The molecule has 0 saturated heterocycles. The van der Waals surface area contributed by atoms with Crippen LogP contribution >= 0.6 is 23.2 Å². The predicted octanol–water partition coefficient (Wildman–Crippen LogP) is 4.93. The van der Waals surface area contributed by atoms with Gasteiger partial charge >= 0.3 is 0 Å². The van der Waals surface area contributed by atoms with Crippen molar-refractivity contribution in [1.82, 2.24) is 10.2 Å². The Hall–Kier alpha value is -2.29. The van der Waals surface area contributed by atoms with Gasteiger partial charge in [-0.25, -0.2) is 8.42 Å². The van der Waals surface area contributed by atoms with Gasteiger partial charge in [-0.05, 0) is 67.6 Å². The van der Waals surface area contributed by atoms with Crippen LogP contribution in [0.1, 0.15) is 50.2 Å². The molecule has 1 saturated carbocycles. The normalized spacial score (nSPS) is 14.9. The fraction of sp³-hybridized carbons (Fsp3) is 0.462. The third-order valence-electron chi connectivity index (χ3n) is 6.46. The number of nitrogens with zero attached hydrogens (tertiary/aromatic N) is 2. The molecule has 10 heteroatoms. The Morgan fingerprint density at radius 3 is 2.22 bits per heavy atom. The molecule has 0 spiro atoms. The quantitative estimate of drug-likeness (QED) is 0.451. The van der Waals surface area contributed by atoms with Gasteiger partial charge in [0.15, 0.2) is 0 Å². The molecular formula is C26H33Cl2N3O4S. The third-order valence-corrected chi connectivity index (χ3v) is 8.07. The number of hydrogen-bond acceptors (Lipinski definition) is 4. The Morgan fingerprint density at radius 1 is 1.06 bits per heavy atom. The Morgan fingerprint density at radius 2 is 1.67 bits per heavy atom. The molecule has 7 nitrogen and oxygen atoms in total. The molecule has 0 unspecified atom stereocenters. The second-order valence-corrected chi connectivity index (χ2v) is 12.0. The van der Waals surface area contributed by atoms with E-state index in [-0.39, 0.29) is 18.5 Å². The Bertz CT molecular complexity index is 1180. The molecule has 3 rings (SSSR count). The molecule has 0 bridgehead atoms. The van der Waals surface area contributed by atoms with E-state index in [0.717, 1.165) is 41.8 Å². The molecule has 1 aliphatic carbocycles. The summed E-state index contributed by atoms with van der Waals surface area (Å²) in [5.74, 6) is -0.696. The van der Waals surface area contributed by atoms with Crippen molar-refractivity contribution in [1.29, 1.82) is 0 Å². The number of rotatable bonds is 10. The molecule has 1 atom stereocenters. The van der Waals surface area contributed by atoms with Crippen LogP contribution in [0.4, 0.5) is 5.69 Å². The lowest BCUT2D eigenvalue weighted by atomic mass is 10.1. The molecule has 2 aromatic carbocycles. The summed E-state index contributed by atoms with van der Waals surface area (Å²) < 4.78 is 26.6. The van der Waals surface area contributed by atoms with Gasteiger partial charge in [-0.1, -0.05) is 55.1 Å². The topological polar surface area (TPSA) is 86.8 Å². The number of anilines is 1. The second-order valence-electron chi connectivity index (χ2n) is 9.26. The molecular weight excluding hydrogens is 521 g/mol. The van der Waals surface area contributed by atoms with Crippen LogP contribution in [0, 0.1) is 6.92 Å². The highest BCUT2D eigenvalue weighted by molar-refractivity contribution is 7.92. The fourth-order valence-corrected chi connectivity index (χ4v) is 5.83. The summed E-state index contributed by atoms with van der Waals surface area (Å²) in [5, 5.41) is 4.12. The lowest BCUT2D eigenvalue weighted by Gasteiger charge is -2.33. The van der Waals surface area contributed by atoms with E-state index in [1.165, 1.54) is 4.90 Å². The summed E-state index contributed by atoms with van der Waals surface area (Å²) in [4.78, 5) is 28.5. The van der Waals surface area contributed by atoms with E-state index >= 15 is 0 Å². The standard InChI is InChI=1S/C26H33Cl2N3O4S/c1-4-23(26(33)29-22-7-5-6-8-22)30(16-19-9-11-20(27)12-10-19)25(32)17-31(36(3,34)35)24-14-13-21(28)15-18(24)2/h9-15,22-23H,4-8,16-17H2,1-3H3,(H,29,33)/t23-/m1/s1. The van der Waals surface area contributed by atoms with E-state index in [2.05, 4.69) is 5.32 Å². The average Bonchev–Trinajstić information content (AvgIpc) is 3.31. The van der Waals surface area contributed by atoms with Crippen molar-refractivity contribution < 1.29 is 18.0 Å². The van der Waals surface area contributed by atoms with Crippen molar-refractivity contribution in [3.63, 3.8) is 0 Å². The molecule has 1 fully saturated rings. The van der Waals surface area contributed by atoms with Crippen LogP contribution in [0.2, 0.25) is 10.0 Å². The lowest BCUT2D eigenvalue weighted by molar-refractivity contribution is -0.140. The molecule has 0 aromatic heterocycles. The maximum atomic E-state index is 13.8. The number of carbonyl (C=O) groups excluding carboxylic acids is 2. The predicted molar refractivity (Wildman–Crippen MR) is 145 cm³/mol. The van der Waals surface area contributed by atoms with Gasteiger partial charge in [0, 0.05) is 22.6 Å². The third kappa shape index (κ3) is 7.37. The second kappa shape index (κ2) is 12.3. The highest BCUT2D eigenvalue weighted by atomic mass is 35.5. The zero-order valence-corrected chi connectivity index (χ0v) is 23.2. The number of amides is 2. The van der Waals surface area contributed by atoms with Crippen LogP contribution in [0.25, 0.3) is 0 Å². The van der Waals surface area contributed by atoms with Crippen molar-refractivity contribution in [2.75, 3.05) is 17.1 Å². The molecule has 0 heterocycles. The SMILES string of the molecule is CC[C@H](C(=O)NC1CCCC1)N(Cc1ccc(Cl)cc1)C(=O)CN(c1ccc(Cl)cc1C)S(C)(=O)=O. The first kappa shape index (κ1) is 28.3. The van der Waals surface area contributed by atoms with E-state index < -0.39 is 28.5 Å². The molecule has 1 N–H and O–H groups in total. The molecule has 196 valence electrons. The minimum Gasteiger partial charge on any atom is -0.352 e. The monoisotopic (exact) mass is 553 g/mol. The average molecular weight is 555 g/mol. The van der Waals surface area contributed by atoms with Gasteiger partial charge in [-0.2, -0.15) is 0 Å². The van der Waals surface area contributed by atoms with Crippen LogP contribution in [0.5, 0.6) is 0 Å². The molecule has 2 aromatic rings. The van der Waals surface area contributed by atoms with Crippen LogP contribution in [0.3, 0.4) is 0 Å². The number of sulfonamides is 1. The molecule has 0 aliphatic heterocycles. The first-order chi connectivity index (χ1) is 17.0. The molecule has 2 amide bonds. The number of aryl methyl sites for hydroxylation is 1. The van der Waals surface area contributed by atoms with Crippen molar-refractivity contribution in [2.24, 2.45) is 0 Å². The molecule has 1 aliphatic rings. The summed E-state index contributed by atoms with van der Waals surface area (Å²) in [7, 11) is -3.81. The minimum absolute atomic E-state index is 0.100. The Labute approximate surface area is 223 Å². The summed E-state index contributed by atoms with van der Waals surface area (Å²) >= 11 is 12.1. The largest absolute Gasteiger partial charge is 0.352 e. The highest BCUT2D eigenvalue weighted by Crippen LogP contribution is 2.26. The smallest absolute Gasteiger partial charge is 0.244 e. The fourth-order valence-electron chi connectivity index (χ4n) is 4.57. The number of benzene rings is 2. The Balaban J connectivity index is 1.93. The van der Waals surface area contributed by atoms with Crippen LogP contribution in [-0.4, -0.2) is 50.0 Å². The van der Waals surface area contributed by atoms with Gasteiger partial charge in [0.1, 0.15) is 12.6 Å². The van der Waals surface area contributed by atoms with Crippen LogP contribution < -0.4 is 9.62 Å².